The number of hydrogen-bond donors (Lipinski definition) is 0. The Bertz CT molecular complexity index is 54.9. The van der Waals surface area contributed by atoms with Crippen molar-refractivity contribution in [2.45, 2.75) is 13.2 Å². The van der Waals surface area contributed by atoms with Gasteiger partial charge in [-0.15, -0.1) is 0 Å². The van der Waals surface area contributed by atoms with E-state index in [1.165, 1.54) is 6.42 Å². The van der Waals surface area contributed by atoms with E-state index in [9.17, 15) is 8.78 Å². The van der Waals surface area contributed by atoms with E-state index in [1.54, 1.807) is 6.92 Å². The molecule has 0 aliphatic heterocycles. The SMILES string of the molecule is C[CH]C(OCF)OCF. The lowest BCUT2D eigenvalue weighted by molar-refractivity contribution is -0.163. The average molecular weight is 139 g/mol. The molecule has 1 radical (unpaired) electrons. The molecule has 0 atom stereocenters. The molecule has 0 amide bonds. The van der Waals surface area contributed by atoms with E-state index in [4.69, 9.17) is 0 Å². The fraction of sp³-hybridized carbons (Fsp3) is 0.800. The number of ether oxygens (including phenoxy) is 2. The van der Waals surface area contributed by atoms with Gasteiger partial charge in [0, 0.05) is 6.42 Å². The Morgan fingerprint density at radius 2 is 1.78 bits per heavy atom. The van der Waals surface area contributed by atoms with Crippen LogP contribution in [0.5, 0.6) is 0 Å². The molecular weight excluding hydrogens is 130 g/mol. The van der Waals surface area contributed by atoms with Crippen molar-refractivity contribution in [3.05, 3.63) is 6.42 Å². The standard InChI is InChI=1S/C5H9F2O2/c1-2-5(8-3-6)9-4-7/h2,5H,3-4H2,1H3. The van der Waals surface area contributed by atoms with Crippen LogP contribution in [0.25, 0.3) is 0 Å². The van der Waals surface area contributed by atoms with Crippen molar-refractivity contribution in [2.24, 2.45) is 0 Å². The van der Waals surface area contributed by atoms with Crippen LogP contribution in [-0.2, 0) is 9.47 Å². The van der Waals surface area contributed by atoms with Gasteiger partial charge in [-0.1, -0.05) is 6.92 Å². The molecule has 0 unspecified atom stereocenters. The molecule has 0 aliphatic rings. The van der Waals surface area contributed by atoms with Crippen LogP contribution >= 0.6 is 0 Å². The van der Waals surface area contributed by atoms with Crippen molar-refractivity contribution < 1.29 is 18.3 Å². The highest BCUT2D eigenvalue weighted by Crippen LogP contribution is 1.98. The minimum absolute atomic E-state index is 0.861. The molecule has 0 spiro atoms. The third-order valence-electron chi connectivity index (χ3n) is 0.727. The minimum atomic E-state index is -0.963. The number of halogens is 2. The zero-order valence-corrected chi connectivity index (χ0v) is 5.14. The Morgan fingerprint density at radius 1 is 1.33 bits per heavy atom. The van der Waals surface area contributed by atoms with E-state index in [0.717, 1.165) is 0 Å². The first-order valence-corrected chi connectivity index (χ1v) is 2.49. The maximum absolute atomic E-state index is 11.3. The van der Waals surface area contributed by atoms with Crippen LogP contribution < -0.4 is 0 Å². The van der Waals surface area contributed by atoms with Gasteiger partial charge in [0.2, 0.25) is 0 Å². The third kappa shape index (κ3) is 4.29. The molecule has 0 aromatic carbocycles. The first-order valence-electron chi connectivity index (χ1n) is 2.49. The first kappa shape index (κ1) is 8.78. The van der Waals surface area contributed by atoms with E-state index >= 15 is 0 Å². The second-order valence-corrected chi connectivity index (χ2v) is 1.25. The van der Waals surface area contributed by atoms with Gasteiger partial charge in [-0.3, -0.25) is 0 Å². The van der Waals surface area contributed by atoms with Gasteiger partial charge in [0.1, 0.15) is 0 Å². The Morgan fingerprint density at radius 3 is 2.00 bits per heavy atom. The van der Waals surface area contributed by atoms with Crippen LogP contribution in [0.3, 0.4) is 0 Å². The zero-order valence-electron chi connectivity index (χ0n) is 5.14. The summed E-state index contributed by atoms with van der Waals surface area (Å²) < 4.78 is 31.1. The highest BCUT2D eigenvalue weighted by molar-refractivity contribution is 4.59. The fourth-order valence-electron chi connectivity index (χ4n) is 0.365. The van der Waals surface area contributed by atoms with Gasteiger partial charge in [0.25, 0.3) is 0 Å². The summed E-state index contributed by atoms with van der Waals surface area (Å²) in [5.74, 6) is 0. The van der Waals surface area contributed by atoms with Crippen molar-refractivity contribution in [3.8, 4) is 0 Å². The molecule has 0 fully saturated rings. The molecule has 0 rings (SSSR count). The summed E-state index contributed by atoms with van der Waals surface area (Å²) in [6.45, 7) is -0.333. The zero-order chi connectivity index (χ0) is 7.11. The monoisotopic (exact) mass is 139 g/mol. The lowest BCUT2D eigenvalue weighted by Gasteiger charge is -2.10. The van der Waals surface area contributed by atoms with Gasteiger partial charge in [-0.25, -0.2) is 8.78 Å². The number of alkyl halides is 2. The lowest BCUT2D eigenvalue weighted by Crippen LogP contribution is -2.15. The summed E-state index contributed by atoms with van der Waals surface area (Å²) >= 11 is 0. The molecule has 0 N–H and O–H groups in total. The van der Waals surface area contributed by atoms with Crippen molar-refractivity contribution in [1.29, 1.82) is 0 Å². The molecule has 2 nitrogen and oxygen atoms in total. The van der Waals surface area contributed by atoms with Gasteiger partial charge in [-0.2, -0.15) is 0 Å². The van der Waals surface area contributed by atoms with Crippen LogP contribution in [0.4, 0.5) is 8.78 Å². The predicted molar refractivity (Wildman–Crippen MR) is 27.9 cm³/mol. The summed E-state index contributed by atoms with van der Waals surface area (Å²) in [7, 11) is 0. The van der Waals surface area contributed by atoms with Gasteiger partial charge in [0.05, 0.1) is 0 Å². The van der Waals surface area contributed by atoms with Crippen LogP contribution in [0, 0.1) is 6.42 Å². The van der Waals surface area contributed by atoms with E-state index in [0.29, 0.717) is 0 Å². The Balaban J connectivity index is 3.18. The Hall–Kier alpha value is -0.220. The van der Waals surface area contributed by atoms with E-state index in [-0.39, 0.29) is 0 Å². The maximum Gasteiger partial charge on any atom is 0.191 e. The Kier molecular flexibility index (Phi) is 5.76. The van der Waals surface area contributed by atoms with Crippen molar-refractivity contribution >= 4 is 0 Å². The largest absolute Gasteiger partial charge is 0.321 e. The first-order chi connectivity index (χ1) is 4.35. The highest BCUT2D eigenvalue weighted by atomic mass is 19.1. The molecule has 0 saturated heterocycles. The molecule has 9 heavy (non-hydrogen) atoms. The second kappa shape index (κ2) is 5.91. The fourth-order valence-corrected chi connectivity index (χ4v) is 0.365. The van der Waals surface area contributed by atoms with Crippen LogP contribution in [0.15, 0.2) is 0 Å². The van der Waals surface area contributed by atoms with Gasteiger partial charge < -0.3 is 9.47 Å². The molecule has 0 aromatic heterocycles. The average Bonchev–Trinajstić information content (AvgIpc) is 1.88. The lowest BCUT2D eigenvalue weighted by atomic mass is 10.5. The van der Waals surface area contributed by atoms with E-state index in [2.05, 4.69) is 9.47 Å². The third-order valence-corrected chi connectivity index (χ3v) is 0.727. The van der Waals surface area contributed by atoms with Crippen molar-refractivity contribution in [3.63, 3.8) is 0 Å². The van der Waals surface area contributed by atoms with E-state index in [1.807, 2.05) is 0 Å². The normalized spacial score (nSPS) is 10.7. The molecule has 0 aliphatic carbocycles. The smallest absolute Gasteiger partial charge is 0.191 e. The predicted octanol–water partition coefficient (Wildman–Crippen LogP) is 1.42. The molecular formula is C5H9F2O2. The molecule has 0 aromatic rings. The Labute approximate surface area is 52.8 Å². The summed E-state index contributed by atoms with van der Waals surface area (Å²) in [6, 6.07) is 0. The number of hydrogen-bond acceptors (Lipinski definition) is 2. The summed E-state index contributed by atoms with van der Waals surface area (Å²) in [6.07, 6.45) is 0.555. The van der Waals surface area contributed by atoms with Crippen LogP contribution in [0.2, 0.25) is 0 Å². The summed E-state index contributed by atoms with van der Waals surface area (Å²) in [5.41, 5.74) is 0. The van der Waals surface area contributed by atoms with Crippen LogP contribution in [-0.4, -0.2) is 20.0 Å². The van der Waals surface area contributed by atoms with Gasteiger partial charge in [-0.05, 0) is 0 Å². The second-order valence-electron chi connectivity index (χ2n) is 1.25. The number of rotatable bonds is 5. The van der Waals surface area contributed by atoms with E-state index < -0.39 is 20.0 Å². The highest BCUT2D eigenvalue weighted by Gasteiger charge is 2.04. The molecule has 0 saturated carbocycles. The summed E-state index contributed by atoms with van der Waals surface area (Å²) in [5, 5.41) is 0. The topological polar surface area (TPSA) is 18.5 Å². The minimum Gasteiger partial charge on any atom is -0.321 e. The molecule has 0 bridgehead atoms. The van der Waals surface area contributed by atoms with Crippen LogP contribution in [0.1, 0.15) is 6.92 Å². The summed E-state index contributed by atoms with van der Waals surface area (Å²) in [4.78, 5) is 0. The maximum atomic E-state index is 11.3. The molecule has 0 heterocycles. The molecule has 4 heteroatoms. The molecule has 55 valence electrons. The quantitative estimate of drug-likeness (QED) is 0.536. The van der Waals surface area contributed by atoms with Crippen molar-refractivity contribution in [1.82, 2.24) is 0 Å². The van der Waals surface area contributed by atoms with Gasteiger partial charge in [0.15, 0.2) is 20.0 Å². The van der Waals surface area contributed by atoms with Crippen molar-refractivity contribution in [2.75, 3.05) is 13.7 Å². The van der Waals surface area contributed by atoms with Gasteiger partial charge >= 0.3 is 0 Å².